The van der Waals surface area contributed by atoms with Crippen molar-refractivity contribution in [1.29, 1.82) is 0 Å². The number of unbranched alkanes of at least 4 members (excludes halogenated alkanes) is 1. The van der Waals surface area contributed by atoms with Gasteiger partial charge in [0.05, 0.1) is 12.3 Å². The van der Waals surface area contributed by atoms with Crippen LogP contribution in [-0.4, -0.2) is 48.9 Å². The Morgan fingerprint density at radius 3 is 2.07 bits per heavy atom. The first-order valence-corrected chi connectivity index (χ1v) is 15.0. The van der Waals surface area contributed by atoms with Crippen LogP contribution in [0, 0.1) is 6.92 Å². The number of aromatic nitrogens is 1. The van der Waals surface area contributed by atoms with Gasteiger partial charge in [-0.25, -0.2) is 9.78 Å². The molecule has 0 saturated heterocycles. The van der Waals surface area contributed by atoms with Gasteiger partial charge in [-0.15, -0.1) is 0 Å². The molecule has 3 N–H and O–H groups in total. The quantitative estimate of drug-likeness (QED) is 0.146. The van der Waals surface area contributed by atoms with Gasteiger partial charge in [0.15, 0.2) is 5.82 Å². The lowest BCUT2D eigenvalue weighted by Gasteiger charge is -2.41. The number of benzene rings is 2. The minimum Gasteiger partial charge on any atom is -0.450 e. The summed E-state index contributed by atoms with van der Waals surface area (Å²) in [6.07, 6.45) is 0.550. The molecule has 0 fully saturated rings. The highest BCUT2D eigenvalue weighted by Gasteiger charge is 2.31. The molecule has 1 aromatic heterocycles. The Balaban J connectivity index is 2.18. The number of carbonyl (C=O) groups is 2. The molecule has 43 heavy (non-hydrogen) atoms. The molecule has 9 nitrogen and oxygen atoms in total. The van der Waals surface area contributed by atoms with Gasteiger partial charge in [-0.1, -0.05) is 72.3 Å². The molecule has 10 heteroatoms. The summed E-state index contributed by atoms with van der Waals surface area (Å²) in [5, 5.41) is 3.50. The predicted molar refractivity (Wildman–Crippen MR) is 174 cm³/mol. The molecule has 0 aliphatic rings. The van der Waals surface area contributed by atoms with E-state index in [1.165, 1.54) is 0 Å². The van der Waals surface area contributed by atoms with E-state index in [2.05, 4.69) is 60.2 Å². The van der Waals surface area contributed by atoms with Crippen molar-refractivity contribution < 1.29 is 19.1 Å². The molecule has 232 valence electrons. The monoisotopic (exact) mass is 609 g/mol. The molecular weight excluding hydrogens is 566 g/mol. The lowest BCUT2D eigenvalue weighted by Crippen LogP contribution is -2.43. The van der Waals surface area contributed by atoms with Crippen LogP contribution in [0.25, 0.3) is 0 Å². The fourth-order valence-electron chi connectivity index (χ4n) is 4.82. The van der Waals surface area contributed by atoms with E-state index in [9.17, 15) is 9.59 Å². The van der Waals surface area contributed by atoms with Crippen LogP contribution in [-0.2, 0) is 27.4 Å². The molecule has 3 rings (SSSR count). The number of primary amides is 1. The second kappa shape index (κ2) is 16.1. The summed E-state index contributed by atoms with van der Waals surface area (Å²) in [5.41, 5.74) is 9.07. The highest BCUT2D eigenvalue weighted by atomic mass is 35.5. The first-order chi connectivity index (χ1) is 20.5. The fraction of sp³-hybridized carbons (Fsp3) is 0.424. The predicted octanol–water partition coefficient (Wildman–Crippen LogP) is 6.71. The lowest BCUT2D eigenvalue weighted by atomic mass is 10.0. The van der Waals surface area contributed by atoms with Crippen LogP contribution in [0.4, 0.5) is 22.0 Å². The van der Waals surface area contributed by atoms with Crippen molar-refractivity contribution in [1.82, 2.24) is 4.98 Å². The van der Waals surface area contributed by atoms with E-state index in [4.69, 9.17) is 31.8 Å². The van der Waals surface area contributed by atoms with Crippen LogP contribution < -0.4 is 20.9 Å². The molecule has 0 atom stereocenters. The Labute approximate surface area is 260 Å². The van der Waals surface area contributed by atoms with Crippen molar-refractivity contribution in [2.75, 3.05) is 41.5 Å². The van der Waals surface area contributed by atoms with Crippen molar-refractivity contribution in [2.24, 2.45) is 5.73 Å². The molecule has 0 unspecified atom stereocenters. The number of anilines is 3. The maximum Gasteiger partial charge on any atom is 0.404 e. The van der Waals surface area contributed by atoms with Gasteiger partial charge >= 0.3 is 6.09 Å². The van der Waals surface area contributed by atoms with Crippen molar-refractivity contribution in [3.8, 4) is 0 Å². The number of hydrogen-bond donors (Lipinski definition) is 2. The van der Waals surface area contributed by atoms with Gasteiger partial charge in [-0.3, -0.25) is 4.79 Å². The molecular formula is C33H44ClN5O4. The van der Waals surface area contributed by atoms with Crippen molar-refractivity contribution in [3.63, 3.8) is 0 Å². The first kappa shape index (κ1) is 33.7. The summed E-state index contributed by atoms with van der Waals surface area (Å²) >= 11 is 6.90. The Hall–Kier alpha value is -3.82. The van der Waals surface area contributed by atoms with Crippen LogP contribution in [0.5, 0.6) is 0 Å². The zero-order valence-electron chi connectivity index (χ0n) is 25.9. The van der Waals surface area contributed by atoms with E-state index in [0.717, 1.165) is 22.4 Å². The average Bonchev–Trinajstić information content (AvgIpc) is 2.96. The minimum absolute atomic E-state index is 0.0889. The lowest BCUT2D eigenvalue weighted by molar-refractivity contribution is -0.120. The molecule has 0 radical (unpaired) electrons. The summed E-state index contributed by atoms with van der Waals surface area (Å²) in [5.74, 6) is 0.283. The molecule has 2 aromatic carbocycles. The summed E-state index contributed by atoms with van der Waals surface area (Å²) in [6.45, 7) is 12.3. The Bertz CT molecular complexity index is 1290. The number of nitrogens with zero attached hydrogens (tertiary/aromatic N) is 3. The standard InChI is InChI=1S/C33H44ClN5O4/c1-6-42-23-27(40)36-28-29(39(33(3,4)5)19-13-14-20-43-32(35)41)24(2)30(34)37-31(28)38(21-25-15-9-7-10-16-25)22-26-17-11-8-12-18-26/h7-12,15-18H,6,13-14,19-23H2,1-5H3,(H2,35,41)(H,36,40). The molecule has 0 bridgehead atoms. The maximum atomic E-state index is 13.3. The Morgan fingerprint density at radius 1 is 0.977 bits per heavy atom. The molecule has 0 aliphatic carbocycles. The van der Waals surface area contributed by atoms with Gasteiger partial charge in [-0.05, 0) is 58.6 Å². The van der Waals surface area contributed by atoms with E-state index in [0.29, 0.717) is 55.7 Å². The molecule has 0 aliphatic heterocycles. The summed E-state index contributed by atoms with van der Waals surface area (Å²) in [4.78, 5) is 33.6. The number of rotatable bonds is 15. The maximum absolute atomic E-state index is 13.3. The fourth-order valence-corrected chi connectivity index (χ4v) is 4.99. The number of nitrogens with two attached hydrogens (primary N) is 1. The topological polar surface area (TPSA) is 110 Å². The number of halogens is 1. The van der Waals surface area contributed by atoms with Crippen LogP contribution >= 0.6 is 11.6 Å². The van der Waals surface area contributed by atoms with Crippen LogP contribution in [0.3, 0.4) is 0 Å². The zero-order valence-corrected chi connectivity index (χ0v) is 26.6. The Morgan fingerprint density at radius 2 is 1.56 bits per heavy atom. The van der Waals surface area contributed by atoms with Gasteiger partial charge in [0.2, 0.25) is 0 Å². The average molecular weight is 610 g/mol. The number of hydrogen-bond acceptors (Lipinski definition) is 7. The van der Waals surface area contributed by atoms with Gasteiger partial charge in [0.1, 0.15) is 17.4 Å². The number of pyridine rings is 1. The zero-order chi connectivity index (χ0) is 31.4. The number of amides is 2. The van der Waals surface area contributed by atoms with Crippen LogP contribution in [0.1, 0.15) is 57.2 Å². The second-order valence-corrected chi connectivity index (χ2v) is 11.6. The van der Waals surface area contributed by atoms with Crippen molar-refractivity contribution >= 4 is 40.8 Å². The molecule has 2 amide bonds. The minimum atomic E-state index is -0.787. The van der Waals surface area contributed by atoms with Crippen LogP contribution in [0.15, 0.2) is 60.7 Å². The normalized spacial score (nSPS) is 11.2. The Kier molecular flexibility index (Phi) is 12.6. The summed E-state index contributed by atoms with van der Waals surface area (Å²) in [6, 6.07) is 20.3. The third kappa shape index (κ3) is 10.1. The SMILES string of the molecule is CCOCC(=O)Nc1c(N(Cc2ccccc2)Cc2ccccc2)nc(Cl)c(C)c1N(CCCCOC(N)=O)C(C)(C)C. The van der Waals surface area contributed by atoms with Gasteiger partial charge < -0.3 is 30.3 Å². The van der Waals surface area contributed by atoms with E-state index >= 15 is 0 Å². The van der Waals surface area contributed by atoms with Crippen molar-refractivity contribution in [2.45, 2.75) is 66.1 Å². The van der Waals surface area contributed by atoms with E-state index in [-0.39, 0.29) is 24.7 Å². The van der Waals surface area contributed by atoms with Crippen molar-refractivity contribution in [3.05, 3.63) is 82.5 Å². The smallest absolute Gasteiger partial charge is 0.404 e. The largest absolute Gasteiger partial charge is 0.450 e. The van der Waals surface area contributed by atoms with Crippen LogP contribution in [0.2, 0.25) is 5.15 Å². The first-order valence-electron chi connectivity index (χ1n) is 14.6. The summed E-state index contributed by atoms with van der Waals surface area (Å²) < 4.78 is 10.4. The molecule has 3 aromatic rings. The number of nitrogens with one attached hydrogen (secondary N) is 1. The third-order valence-electron chi connectivity index (χ3n) is 6.86. The highest BCUT2D eigenvalue weighted by molar-refractivity contribution is 6.31. The van der Waals surface area contributed by atoms with E-state index in [1.807, 2.05) is 50.2 Å². The summed E-state index contributed by atoms with van der Waals surface area (Å²) in [7, 11) is 0. The second-order valence-electron chi connectivity index (χ2n) is 11.3. The molecule has 0 saturated carbocycles. The van der Waals surface area contributed by atoms with E-state index in [1.54, 1.807) is 0 Å². The van der Waals surface area contributed by atoms with E-state index < -0.39 is 6.09 Å². The van der Waals surface area contributed by atoms with Gasteiger partial charge in [0.25, 0.3) is 5.91 Å². The highest BCUT2D eigenvalue weighted by Crippen LogP contribution is 2.43. The third-order valence-corrected chi connectivity index (χ3v) is 7.23. The molecule has 1 heterocycles. The van der Waals surface area contributed by atoms with Gasteiger partial charge in [0, 0.05) is 37.3 Å². The number of carbonyl (C=O) groups excluding carboxylic acids is 2. The van der Waals surface area contributed by atoms with Gasteiger partial charge in [-0.2, -0.15) is 0 Å². The number of ether oxygens (including phenoxy) is 2. The molecule has 0 spiro atoms.